The first kappa shape index (κ1) is 11.7. The van der Waals surface area contributed by atoms with Crippen molar-refractivity contribution in [3.05, 3.63) is 34.9 Å². The Morgan fingerprint density at radius 1 is 1.65 bits per heavy atom. The normalized spacial score (nSPS) is 10.5. The number of halogens is 1. The maximum atomic E-state index is 11.8. The Labute approximate surface area is 103 Å². The fourth-order valence-electron chi connectivity index (χ4n) is 1.30. The molecule has 0 saturated heterocycles. The molecular formula is C10H11ClN4O2. The molecule has 2 aromatic rings. The Morgan fingerprint density at radius 2 is 2.47 bits per heavy atom. The van der Waals surface area contributed by atoms with E-state index in [1.807, 2.05) is 6.92 Å². The molecule has 0 aliphatic heterocycles. The first-order valence-corrected chi connectivity index (χ1v) is 5.49. The molecule has 0 aliphatic carbocycles. The van der Waals surface area contributed by atoms with Gasteiger partial charge in [-0.15, -0.1) is 0 Å². The third-order valence-electron chi connectivity index (χ3n) is 2.18. The van der Waals surface area contributed by atoms with Gasteiger partial charge in [0, 0.05) is 18.8 Å². The molecule has 0 aliphatic rings. The molecule has 7 heteroatoms. The van der Waals surface area contributed by atoms with Gasteiger partial charge in [-0.1, -0.05) is 16.8 Å². The fraction of sp³-hybridized carbons (Fsp3) is 0.300. The van der Waals surface area contributed by atoms with E-state index in [4.69, 9.17) is 11.6 Å². The standard InChI is InChI=1S/C10H11ClN4O2/c1-2-15-6-8(11)9(13-15)10(16)12-5-7-3-4-17-14-7/h3-4,6H,2,5H2,1H3,(H,12,16). The summed E-state index contributed by atoms with van der Waals surface area (Å²) in [6, 6.07) is 1.67. The monoisotopic (exact) mass is 254 g/mol. The fourth-order valence-corrected chi connectivity index (χ4v) is 1.53. The van der Waals surface area contributed by atoms with Gasteiger partial charge < -0.3 is 9.84 Å². The SMILES string of the molecule is CCn1cc(Cl)c(C(=O)NCc2ccon2)n1. The van der Waals surface area contributed by atoms with Crippen LogP contribution in [0.4, 0.5) is 0 Å². The van der Waals surface area contributed by atoms with Gasteiger partial charge in [0.25, 0.3) is 5.91 Å². The number of hydrogen-bond donors (Lipinski definition) is 1. The number of nitrogens with one attached hydrogen (secondary N) is 1. The molecule has 17 heavy (non-hydrogen) atoms. The van der Waals surface area contributed by atoms with Gasteiger partial charge in [0.15, 0.2) is 5.69 Å². The zero-order chi connectivity index (χ0) is 12.3. The smallest absolute Gasteiger partial charge is 0.273 e. The molecule has 2 rings (SSSR count). The first-order valence-electron chi connectivity index (χ1n) is 5.11. The summed E-state index contributed by atoms with van der Waals surface area (Å²) in [6.45, 7) is 2.86. The van der Waals surface area contributed by atoms with Gasteiger partial charge in [-0.3, -0.25) is 9.48 Å². The third kappa shape index (κ3) is 2.65. The summed E-state index contributed by atoms with van der Waals surface area (Å²) in [4.78, 5) is 11.8. The molecule has 2 aromatic heterocycles. The molecule has 0 spiro atoms. The first-order chi connectivity index (χ1) is 8.20. The minimum absolute atomic E-state index is 0.219. The topological polar surface area (TPSA) is 73.0 Å². The maximum Gasteiger partial charge on any atom is 0.273 e. The number of carbonyl (C=O) groups excluding carboxylic acids is 1. The molecule has 90 valence electrons. The molecule has 1 N–H and O–H groups in total. The van der Waals surface area contributed by atoms with Crippen LogP contribution in [0.3, 0.4) is 0 Å². The van der Waals surface area contributed by atoms with E-state index in [-0.39, 0.29) is 18.1 Å². The van der Waals surface area contributed by atoms with Gasteiger partial charge in [-0.2, -0.15) is 5.10 Å². The highest BCUT2D eigenvalue weighted by Gasteiger charge is 2.15. The van der Waals surface area contributed by atoms with E-state index in [2.05, 4.69) is 20.1 Å². The molecule has 0 aromatic carbocycles. The van der Waals surface area contributed by atoms with Crippen LogP contribution in [0.1, 0.15) is 23.1 Å². The number of nitrogens with zero attached hydrogens (tertiary/aromatic N) is 3. The third-order valence-corrected chi connectivity index (χ3v) is 2.45. The Hall–Kier alpha value is -1.82. The highest BCUT2D eigenvalue weighted by atomic mass is 35.5. The Balaban J connectivity index is 2.01. The second-order valence-electron chi connectivity index (χ2n) is 3.35. The van der Waals surface area contributed by atoms with E-state index in [0.29, 0.717) is 17.3 Å². The van der Waals surface area contributed by atoms with Gasteiger partial charge in [0.1, 0.15) is 12.0 Å². The summed E-state index contributed by atoms with van der Waals surface area (Å²) in [5.41, 5.74) is 0.862. The quantitative estimate of drug-likeness (QED) is 0.897. The van der Waals surface area contributed by atoms with E-state index < -0.39 is 0 Å². The molecular weight excluding hydrogens is 244 g/mol. The maximum absolute atomic E-state index is 11.8. The number of rotatable bonds is 4. The van der Waals surface area contributed by atoms with Crippen molar-refractivity contribution >= 4 is 17.5 Å². The van der Waals surface area contributed by atoms with Crippen molar-refractivity contribution < 1.29 is 9.32 Å². The Kier molecular flexibility index (Phi) is 3.43. The number of hydrogen-bond acceptors (Lipinski definition) is 4. The van der Waals surface area contributed by atoms with E-state index in [1.165, 1.54) is 6.26 Å². The molecule has 0 fully saturated rings. The second-order valence-corrected chi connectivity index (χ2v) is 3.76. The van der Waals surface area contributed by atoms with Crippen molar-refractivity contribution in [1.82, 2.24) is 20.3 Å². The summed E-state index contributed by atoms with van der Waals surface area (Å²) in [5, 5.41) is 10.7. The molecule has 0 unspecified atom stereocenters. The van der Waals surface area contributed by atoms with Crippen molar-refractivity contribution in [2.24, 2.45) is 0 Å². The van der Waals surface area contributed by atoms with Gasteiger partial charge in [-0.05, 0) is 6.92 Å². The zero-order valence-corrected chi connectivity index (χ0v) is 9.94. The minimum atomic E-state index is -0.329. The highest BCUT2D eigenvalue weighted by Crippen LogP contribution is 2.13. The van der Waals surface area contributed by atoms with E-state index in [0.717, 1.165) is 0 Å². The van der Waals surface area contributed by atoms with Gasteiger partial charge in [-0.25, -0.2) is 0 Å². The van der Waals surface area contributed by atoms with Crippen molar-refractivity contribution in [2.45, 2.75) is 20.0 Å². The lowest BCUT2D eigenvalue weighted by Gasteiger charge is -1.99. The molecule has 0 saturated carbocycles. The zero-order valence-electron chi connectivity index (χ0n) is 9.18. The van der Waals surface area contributed by atoms with Crippen molar-refractivity contribution in [1.29, 1.82) is 0 Å². The van der Waals surface area contributed by atoms with Gasteiger partial charge >= 0.3 is 0 Å². The average Bonchev–Trinajstić information content (AvgIpc) is 2.94. The van der Waals surface area contributed by atoms with Crippen LogP contribution >= 0.6 is 11.6 Å². The number of aromatic nitrogens is 3. The van der Waals surface area contributed by atoms with Crippen LogP contribution in [0.5, 0.6) is 0 Å². The molecule has 1 amide bonds. The van der Waals surface area contributed by atoms with Crippen LogP contribution in [-0.4, -0.2) is 20.8 Å². The summed E-state index contributed by atoms with van der Waals surface area (Å²) in [7, 11) is 0. The van der Waals surface area contributed by atoms with Crippen molar-refractivity contribution in [3.8, 4) is 0 Å². The van der Waals surface area contributed by atoms with Gasteiger partial charge in [0.05, 0.1) is 11.6 Å². The van der Waals surface area contributed by atoms with Gasteiger partial charge in [0.2, 0.25) is 0 Å². The number of aryl methyl sites for hydroxylation is 1. The Bertz CT molecular complexity index is 506. The minimum Gasteiger partial charge on any atom is -0.364 e. The lowest BCUT2D eigenvalue weighted by Crippen LogP contribution is -2.23. The Morgan fingerprint density at radius 3 is 3.06 bits per heavy atom. The van der Waals surface area contributed by atoms with Crippen LogP contribution in [0.2, 0.25) is 5.02 Å². The number of amides is 1. The molecule has 6 nitrogen and oxygen atoms in total. The second kappa shape index (κ2) is 5.01. The van der Waals surface area contributed by atoms with E-state index in [9.17, 15) is 4.79 Å². The molecule has 2 heterocycles. The van der Waals surface area contributed by atoms with Crippen molar-refractivity contribution in [2.75, 3.05) is 0 Å². The van der Waals surface area contributed by atoms with Crippen LogP contribution in [0.25, 0.3) is 0 Å². The summed E-state index contributed by atoms with van der Waals surface area (Å²) in [5.74, 6) is -0.329. The largest absolute Gasteiger partial charge is 0.364 e. The number of carbonyl (C=O) groups is 1. The predicted octanol–water partition coefficient (Wildman–Crippen LogP) is 1.47. The highest BCUT2D eigenvalue weighted by molar-refractivity contribution is 6.33. The average molecular weight is 255 g/mol. The molecule has 0 radical (unpaired) electrons. The van der Waals surface area contributed by atoms with Crippen LogP contribution in [0, 0.1) is 0 Å². The van der Waals surface area contributed by atoms with Crippen LogP contribution in [-0.2, 0) is 13.1 Å². The molecule has 0 bridgehead atoms. The lowest BCUT2D eigenvalue weighted by molar-refractivity contribution is 0.0944. The van der Waals surface area contributed by atoms with Crippen LogP contribution < -0.4 is 5.32 Å². The van der Waals surface area contributed by atoms with E-state index in [1.54, 1.807) is 16.9 Å². The lowest BCUT2D eigenvalue weighted by atomic mass is 10.4. The van der Waals surface area contributed by atoms with E-state index >= 15 is 0 Å². The summed E-state index contributed by atoms with van der Waals surface area (Å²) >= 11 is 5.90. The molecule has 0 atom stereocenters. The summed E-state index contributed by atoms with van der Waals surface area (Å²) < 4.78 is 6.26. The van der Waals surface area contributed by atoms with Crippen molar-refractivity contribution in [3.63, 3.8) is 0 Å². The predicted molar refractivity (Wildman–Crippen MR) is 60.6 cm³/mol. The summed E-state index contributed by atoms with van der Waals surface area (Å²) in [6.07, 6.45) is 3.06. The van der Waals surface area contributed by atoms with Crippen LogP contribution in [0.15, 0.2) is 23.0 Å².